The lowest BCUT2D eigenvalue weighted by Crippen LogP contribution is -2.54. The highest BCUT2D eigenvalue weighted by Crippen LogP contribution is 2.27. The lowest BCUT2D eigenvalue weighted by atomic mass is 10.0. The lowest BCUT2D eigenvalue weighted by Gasteiger charge is -2.27. The molecule has 3 rings (SSSR count). The van der Waals surface area contributed by atoms with E-state index in [9.17, 15) is 23.6 Å². The summed E-state index contributed by atoms with van der Waals surface area (Å²) in [7, 11) is 0. The standard InChI is InChI=1S/C13H8FN2O4/c14-6-1-2-7-8(5-6)13(20)16(12(7)19)9-3-4-10(17)15-11(9)18/h1,5,9H,3-4H2,(H,15,17,18). The Kier molecular flexibility index (Phi) is 2.63. The van der Waals surface area contributed by atoms with E-state index in [1.165, 1.54) is 0 Å². The quantitative estimate of drug-likeness (QED) is 0.733. The molecule has 1 aromatic rings. The average Bonchev–Trinajstić information content (AvgIpc) is 2.63. The van der Waals surface area contributed by atoms with Crippen molar-refractivity contribution in [2.24, 2.45) is 0 Å². The molecule has 1 radical (unpaired) electrons. The maximum Gasteiger partial charge on any atom is 0.262 e. The fraction of sp³-hybridized carbons (Fsp3) is 0.231. The van der Waals surface area contributed by atoms with Crippen molar-refractivity contribution in [2.75, 3.05) is 0 Å². The first kappa shape index (κ1) is 12.5. The molecule has 0 aliphatic carbocycles. The van der Waals surface area contributed by atoms with Crippen LogP contribution in [-0.4, -0.2) is 34.6 Å². The van der Waals surface area contributed by atoms with Crippen LogP contribution in [0.25, 0.3) is 0 Å². The third-order valence-electron chi connectivity index (χ3n) is 3.31. The Morgan fingerprint density at radius 3 is 2.70 bits per heavy atom. The number of fused-ring (bicyclic) bond motifs is 1. The monoisotopic (exact) mass is 275 g/mol. The number of hydrogen-bond acceptors (Lipinski definition) is 4. The van der Waals surface area contributed by atoms with E-state index in [1.54, 1.807) is 0 Å². The van der Waals surface area contributed by atoms with Crippen molar-refractivity contribution in [3.8, 4) is 0 Å². The molecule has 101 valence electrons. The molecule has 20 heavy (non-hydrogen) atoms. The largest absolute Gasteiger partial charge is 0.295 e. The molecule has 1 fully saturated rings. The van der Waals surface area contributed by atoms with Crippen molar-refractivity contribution < 1.29 is 23.6 Å². The number of imide groups is 2. The Labute approximate surface area is 112 Å². The van der Waals surface area contributed by atoms with Gasteiger partial charge in [0.25, 0.3) is 11.8 Å². The molecule has 4 amide bonds. The SMILES string of the molecule is O=C1CCC(N2C(=O)c3[c]cc(F)cc3C2=O)C(=O)N1. The molecule has 1 atom stereocenters. The number of piperidine rings is 1. The summed E-state index contributed by atoms with van der Waals surface area (Å²) in [4.78, 5) is 47.9. The molecule has 0 bridgehead atoms. The van der Waals surface area contributed by atoms with Crippen LogP contribution >= 0.6 is 0 Å². The highest BCUT2D eigenvalue weighted by atomic mass is 19.1. The van der Waals surface area contributed by atoms with Crippen LogP contribution in [0.5, 0.6) is 0 Å². The number of carbonyl (C=O) groups is 4. The first-order valence-electron chi connectivity index (χ1n) is 5.92. The second-order valence-electron chi connectivity index (χ2n) is 4.55. The number of halogens is 1. The van der Waals surface area contributed by atoms with Crippen molar-refractivity contribution >= 4 is 23.6 Å². The number of hydrogen-bond donors (Lipinski definition) is 1. The summed E-state index contributed by atoms with van der Waals surface area (Å²) in [6, 6.07) is 3.26. The maximum atomic E-state index is 13.1. The Morgan fingerprint density at radius 2 is 2.00 bits per heavy atom. The number of amides is 4. The highest BCUT2D eigenvalue weighted by Gasteiger charge is 2.44. The van der Waals surface area contributed by atoms with Crippen molar-refractivity contribution in [3.63, 3.8) is 0 Å². The molecule has 7 heteroatoms. The van der Waals surface area contributed by atoms with Gasteiger partial charge in [-0.25, -0.2) is 4.39 Å². The maximum absolute atomic E-state index is 13.1. The highest BCUT2D eigenvalue weighted by molar-refractivity contribution is 6.23. The number of benzene rings is 1. The molecule has 0 saturated carbocycles. The van der Waals surface area contributed by atoms with Crippen LogP contribution in [0.4, 0.5) is 4.39 Å². The van der Waals surface area contributed by atoms with Gasteiger partial charge in [-0.1, -0.05) is 0 Å². The molecule has 0 aromatic heterocycles. The molecule has 1 N–H and O–H groups in total. The molecular weight excluding hydrogens is 267 g/mol. The first-order chi connectivity index (χ1) is 9.49. The van der Waals surface area contributed by atoms with Crippen LogP contribution < -0.4 is 5.32 Å². The minimum Gasteiger partial charge on any atom is -0.295 e. The number of nitrogens with one attached hydrogen (secondary N) is 1. The molecule has 1 saturated heterocycles. The Balaban J connectivity index is 1.97. The zero-order valence-corrected chi connectivity index (χ0v) is 10.1. The molecule has 1 aromatic carbocycles. The third kappa shape index (κ3) is 1.70. The average molecular weight is 275 g/mol. The van der Waals surface area contributed by atoms with Gasteiger partial charge in [0.1, 0.15) is 11.9 Å². The summed E-state index contributed by atoms with van der Waals surface area (Å²) in [5.41, 5.74) is -0.166. The van der Waals surface area contributed by atoms with E-state index in [0.29, 0.717) is 0 Å². The predicted molar refractivity (Wildman–Crippen MR) is 61.9 cm³/mol. The van der Waals surface area contributed by atoms with E-state index < -0.39 is 35.5 Å². The minimum absolute atomic E-state index is 0.0435. The Hall–Kier alpha value is -2.57. The van der Waals surface area contributed by atoms with Gasteiger partial charge in [-0.15, -0.1) is 0 Å². The van der Waals surface area contributed by atoms with E-state index in [1.807, 2.05) is 0 Å². The minimum atomic E-state index is -1.04. The second kappa shape index (κ2) is 4.22. The summed E-state index contributed by atoms with van der Waals surface area (Å²) in [6.07, 6.45) is 0.112. The summed E-state index contributed by atoms with van der Waals surface area (Å²) >= 11 is 0. The Morgan fingerprint density at radius 1 is 1.25 bits per heavy atom. The van der Waals surface area contributed by atoms with Gasteiger partial charge in [0.15, 0.2) is 0 Å². The van der Waals surface area contributed by atoms with Crippen molar-refractivity contribution in [3.05, 3.63) is 35.1 Å². The molecule has 0 spiro atoms. The van der Waals surface area contributed by atoms with Crippen LogP contribution in [0.15, 0.2) is 12.1 Å². The smallest absolute Gasteiger partial charge is 0.262 e. The van der Waals surface area contributed by atoms with Gasteiger partial charge in [-0.05, 0) is 24.6 Å². The zero-order valence-electron chi connectivity index (χ0n) is 10.1. The van der Waals surface area contributed by atoms with E-state index in [4.69, 9.17) is 0 Å². The van der Waals surface area contributed by atoms with E-state index in [-0.39, 0.29) is 24.0 Å². The van der Waals surface area contributed by atoms with Crippen LogP contribution in [-0.2, 0) is 9.59 Å². The van der Waals surface area contributed by atoms with Gasteiger partial charge in [-0.2, -0.15) is 0 Å². The summed E-state index contributed by atoms with van der Waals surface area (Å²) in [5, 5.41) is 2.08. The van der Waals surface area contributed by atoms with E-state index >= 15 is 0 Å². The summed E-state index contributed by atoms with van der Waals surface area (Å²) in [5.74, 6) is -3.26. The molecule has 2 aliphatic heterocycles. The summed E-state index contributed by atoms with van der Waals surface area (Å²) < 4.78 is 13.1. The van der Waals surface area contributed by atoms with Gasteiger partial charge < -0.3 is 0 Å². The van der Waals surface area contributed by atoms with E-state index in [2.05, 4.69) is 11.4 Å². The number of carbonyl (C=O) groups excluding carboxylic acids is 4. The van der Waals surface area contributed by atoms with Crippen LogP contribution in [0.2, 0.25) is 0 Å². The number of rotatable bonds is 1. The second-order valence-corrected chi connectivity index (χ2v) is 4.55. The van der Waals surface area contributed by atoms with Crippen molar-refractivity contribution in [1.82, 2.24) is 10.2 Å². The fourth-order valence-electron chi connectivity index (χ4n) is 2.37. The third-order valence-corrected chi connectivity index (χ3v) is 3.31. The number of nitrogens with zero attached hydrogens (tertiary/aromatic N) is 1. The van der Waals surface area contributed by atoms with Gasteiger partial charge in [0, 0.05) is 6.42 Å². The van der Waals surface area contributed by atoms with Crippen LogP contribution in [0, 0.1) is 11.9 Å². The molecule has 6 nitrogen and oxygen atoms in total. The van der Waals surface area contributed by atoms with Crippen LogP contribution in [0.1, 0.15) is 33.6 Å². The zero-order chi connectivity index (χ0) is 14.4. The van der Waals surface area contributed by atoms with E-state index in [0.717, 1.165) is 17.0 Å². The van der Waals surface area contributed by atoms with Gasteiger partial charge in [0.2, 0.25) is 11.8 Å². The van der Waals surface area contributed by atoms with Gasteiger partial charge in [-0.3, -0.25) is 29.4 Å². The summed E-state index contributed by atoms with van der Waals surface area (Å²) in [6.45, 7) is 0. The van der Waals surface area contributed by atoms with Crippen molar-refractivity contribution in [1.29, 1.82) is 0 Å². The van der Waals surface area contributed by atoms with Crippen LogP contribution in [0.3, 0.4) is 0 Å². The predicted octanol–water partition coefficient (Wildman–Crippen LogP) is 0.0271. The first-order valence-corrected chi connectivity index (χ1v) is 5.92. The Bertz CT molecular complexity index is 670. The fourth-order valence-corrected chi connectivity index (χ4v) is 2.37. The van der Waals surface area contributed by atoms with Gasteiger partial charge >= 0.3 is 0 Å². The lowest BCUT2D eigenvalue weighted by molar-refractivity contribution is -0.136. The molecular formula is C13H8FN2O4. The normalized spacial score (nSPS) is 22.1. The molecule has 2 heterocycles. The van der Waals surface area contributed by atoms with Crippen molar-refractivity contribution in [2.45, 2.75) is 18.9 Å². The molecule has 1 unspecified atom stereocenters. The molecule has 2 aliphatic rings. The topological polar surface area (TPSA) is 83.6 Å². The van der Waals surface area contributed by atoms with Gasteiger partial charge in [0.05, 0.1) is 11.1 Å².